The molecular weight excluding hydrogens is 478 g/mol. The van der Waals surface area contributed by atoms with Gasteiger partial charge in [-0.1, -0.05) is 12.1 Å². The summed E-state index contributed by atoms with van der Waals surface area (Å²) in [5.41, 5.74) is 7.91. The van der Waals surface area contributed by atoms with Crippen LogP contribution in [0.3, 0.4) is 0 Å². The smallest absolute Gasteiger partial charge is 0.300 e. The molecule has 1 fully saturated rings. The van der Waals surface area contributed by atoms with Gasteiger partial charge in [-0.05, 0) is 42.0 Å². The number of nitrogens with one attached hydrogen (secondary N) is 1. The van der Waals surface area contributed by atoms with Crippen molar-refractivity contribution in [2.75, 3.05) is 35.6 Å². The highest BCUT2D eigenvalue weighted by Crippen LogP contribution is 2.34. The second-order valence-electron chi connectivity index (χ2n) is 8.42. The third kappa shape index (κ3) is 4.77. The van der Waals surface area contributed by atoms with Gasteiger partial charge in [0.1, 0.15) is 22.9 Å². The number of nitrogen functional groups attached to an aromatic ring is 1. The lowest BCUT2D eigenvalue weighted by molar-refractivity contribution is 0.278. The Labute approximate surface area is 199 Å². The first-order valence-corrected chi connectivity index (χ1v) is 12.7. The van der Waals surface area contributed by atoms with E-state index in [4.69, 9.17) is 10.2 Å². The minimum absolute atomic E-state index is 0.0101. The molecular formula is C24H22F2N4O4S. The van der Waals surface area contributed by atoms with Crippen molar-refractivity contribution in [2.24, 2.45) is 0 Å². The van der Waals surface area contributed by atoms with Crippen LogP contribution in [0, 0.1) is 11.6 Å². The lowest BCUT2D eigenvalue weighted by Gasteiger charge is -2.26. The summed E-state index contributed by atoms with van der Waals surface area (Å²) in [6.07, 6.45) is 0. The molecule has 0 unspecified atom stereocenters. The Kier molecular flexibility index (Phi) is 5.81. The van der Waals surface area contributed by atoms with Crippen LogP contribution in [-0.4, -0.2) is 48.0 Å². The first-order chi connectivity index (χ1) is 16.7. The molecule has 182 valence electrons. The van der Waals surface area contributed by atoms with Crippen LogP contribution in [0.4, 0.5) is 26.2 Å². The summed E-state index contributed by atoms with van der Waals surface area (Å²) in [6, 6.07) is 12.3. The Morgan fingerprint density at radius 1 is 1.09 bits per heavy atom. The number of anilines is 3. The van der Waals surface area contributed by atoms with E-state index in [0.29, 0.717) is 22.4 Å². The summed E-state index contributed by atoms with van der Waals surface area (Å²) >= 11 is 0. The molecule has 3 aromatic carbocycles. The molecule has 8 nitrogen and oxygen atoms in total. The van der Waals surface area contributed by atoms with Gasteiger partial charge >= 0.3 is 0 Å². The summed E-state index contributed by atoms with van der Waals surface area (Å²) in [5.74, 6) is -1.52. The molecule has 0 saturated carbocycles. The normalized spacial score (nSPS) is 15.9. The summed E-state index contributed by atoms with van der Waals surface area (Å²) < 4.78 is 59.1. The fourth-order valence-corrected chi connectivity index (χ4v) is 5.30. The van der Waals surface area contributed by atoms with Crippen molar-refractivity contribution < 1.29 is 26.7 Å². The Morgan fingerprint density at radius 3 is 2.49 bits per heavy atom. The van der Waals surface area contributed by atoms with E-state index in [0.717, 1.165) is 0 Å². The van der Waals surface area contributed by atoms with Crippen molar-refractivity contribution >= 4 is 38.3 Å². The standard InChI is InChI=1S/C24H22F2N4O4S/c25-18-10-14(11-19(26)17(18)13-30-6-8-35(32,33)9-7-30)16-2-1-3-21-23(16)34-24(29-21)28-15-4-5-22(31)20(27)12-15/h1-5,10-12,31H,6-9,13,27H2,(H,28,29). The minimum Gasteiger partial charge on any atom is -0.506 e. The van der Waals surface area contributed by atoms with Gasteiger partial charge in [-0.25, -0.2) is 17.2 Å². The second kappa shape index (κ2) is 8.82. The monoisotopic (exact) mass is 500 g/mol. The number of nitrogens with two attached hydrogens (primary N) is 1. The lowest BCUT2D eigenvalue weighted by atomic mass is 10.0. The molecule has 0 spiro atoms. The number of phenols is 1. The SMILES string of the molecule is Nc1cc(Nc2nc3cccc(-c4cc(F)c(CN5CCS(=O)(=O)CC5)c(F)c4)c3o2)ccc1O. The summed E-state index contributed by atoms with van der Waals surface area (Å²) in [6.45, 7) is 0.468. The van der Waals surface area contributed by atoms with Crippen molar-refractivity contribution in [2.45, 2.75) is 6.54 Å². The van der Waals surface area contributed by atoms with E-state index in [1.807, 2.05) is 0 Å². The van der Waals surface area contributed by atoms with Gasteiger partial charge < -0.3 is 20.6 Å². The fourth-order valence-electron chi connectivity index (χ4n) is 4.03. The van der Waals surface area contributed by atoms with Crippen LogP contribution >= 0.6 is 0 Å². The maximum Gasteiger partial charge on any atom is 0.300 e. The molecule has 5 rings (SSSR count). The maximum absolute atomic E-state index is 15.0. The number of nitrogens with zero attached hydrogens (tertiary/aromatic N) is 2. The van der Waals surface area contributed by atoms with Crippen LogP contribution in [0.5, 0.6) is 5.75 Å². The zero-order chi connectivity index (χ0) is 24.7. The van der Waals surface area contributed by atoms with Gasteiger partial charge in [0.05, 0.1) is 17.2 Å². The van der Waals surface area contributed by atoms with Crippen LogP contribution < -0.4 is 11.1 Å². The number of hydrogen-bond acceptors (Lipinski definition) is 8. The van der Waals surface area contributed by atoms with E-state index in [-0.39, 0.29) is 59.7 Å². The molecule has 0 amide bonds. The number of para-hydroxylation sites is 1. The Bertz CT molecular complexity index is 1500. The number of benzene rings is 3. The van der Waals surface area contributed by atoms with E-state index in [2.05, 4.69) is 10.3 Å². The van der Waals surface area contributed by atoms with E-state index in [1.54, 1.807) is 29.2 Å². The molecule has 1 saturated heterocycles. The van der Waals surface area contributed by atoms with Crippen molar-refractivity contribution in [1.29, 1.82) is 0 Å². The molecule has 1 aliphatic rings. The number of phenolic OH excluding ortho intramolecular Hbond substituents is 1. The Morgan fingerprint density at radius 2 is 1.80 bits per heavy atom. The highest BCUT2D eigenvalue weighted by atomic mass is 32.2. The average Bonchev–Trinajstić information content (AvgIpc) is 3.22. The quantitative estimate of drug-likeness (QED) is 0.213. The number of hydrogen-bond donors (Lipinski definition) is 3. The number of aromatic hydroxyl groups is 1. The van der Waals surface area contributed by atoms with Crippen LogP contribution in [0.2, 0.25) is 0 Å². The number of oxazole rings is 1. The van der Waals surface area contributed by atoms with Crippen LogP contribution in [0.15, 0.2) is 52.9 Å². The maximum atomic E-state index is 15.0. The Hall–Kier alpha value is -3.70. The van der Waals surface area contributed by atoms with Gasteiger partial charge in [-0.2, -0.15) is 4.98 Å². The fraction of sp³-hybridized carbons (Fsp3) is 0.208. The molecule has 0 radical (unpaired) electrons. The highest BCUT2D eigenvalue weighted by molar-refractivity contribution is 7.91. The Balaban J connectivity index is 1.43. The lowest BCUT2D eigenvalue weighted by Crippen LogP contribution is -2.40. The molecule has 1 aliphatic heterocycles. The predicted molar refractivity (Wildman–Crippen MR) is 129 cm³/mol. The molecule has 4 aromatic rings. The van der Waals surface area contributed by atoms with E-state index in [9.17, 15) is 22.3 Å². The van der Waals surface area contributed by atoms with Gasteiger partial charge in [0, 0.05) is 36.4 Å². The van der Waals surface area contributed by atoms with Gasteiger partial charge in [-0.3, -0.25) is 4.90 Å². The first kappa shape index (κ1) is 23.1. The van der Waals surface area contributed by atoms with Crippen molar-refractivity contribution in [1.82, 2.24) is 9.88 Å². The largest absolute Gasteiger partial charge is 0.506 e. The number of sulfone groups is 1. The molecule has 2 heterocycles. The molecule has 0 atom stereocenters. The molecule has 0 bridgehead atoms. The van der Waals surface area contributed by atoms with E-state index >= 15 is 0 Å². The topological polar surface area (TPSA) is 122 Å². The average molecular weight is 501 g/mol. The number of rotatable bonds is 5. The first-order valence-electron chi connectivity index (χ1n) is 10.8. The van der Waals surface area contributed by atoms with E-state index < -0.39 is 21.5 Å². The molecule has 1 aromatic heterocycles. The number of aromatic nitrogens is 1. The van der Waals surface area contributed by atoms with Crippen LogP contribution in [0.25, 0.3) is 22.2 Å². The highest BCUT2D eigenvalue weighted by Gasteiger charge is 2.24. The summed E-state index contributed by atoms with van der Waals surface area (Å²) in [5, 5.41) is 12.5. The van der Waals surface area contributed by atoms with Crippen molar-refractivity contribution in [3.8, 4) is 16.9 Å². The third-order valence-corrected chi connectivity index (χ3v) is 7.57. The van der Waals surface area contributed by atoms with Crippen LogP contribution in [-0.2, 0) is 16.4 Å². The predicted octanol–water partition coefficient (Wildman–Crippen LogP) is 4.03. The number of fused-ring (bicyclic) bond motifs is 1. The van der Waals surface area contributed by atoms with Gasteiger partial charge in [0.25, 0.3) is 6.01 Å². The van der Waals surface area contributed by atoms with Crippen LogP contribution in [0.1, 0.15) is 5.56 Å². The summed E-state index contributed by atoms with van der Waals surface area (Å²) in [7, 11) is -3.08. The molecule has 11 heteroatoms. The third-order valence-electron chi connectivity index (χ3n) is 5.96. The second-order valence-corrected chi connectivity index (χ2v) is 10.7. The van der Waals surface area contributed by atoms with Crippen molar-refractivity contribution in [3.05, 3.63) is 65.7 Å². The van der Waals surface area contributed by atoms with E-state index in [1.165, 1.54) is 24.3 Å². The van der Waals surface area contributed by atoms with Gasteiger partial charge in [0.15, 0.2) is 15.4 Å². The summed E-state index contributed by atoms with van der Waals surface area (Å²) in [4.78, 5) is 6.10. The zero-order valence-corrected chi connectivity index (χ0v) is 19.3. The number of halogens is 2. The zero-order valence-electron chi connectivity index (χ0n) is 18.5. The van der Waals surface area contributed by atoms with Gasteiger partial charge in [-0.15, -0.1) is 0 Å². The molecule has 35 heavy (non-hydrogen) atoms. The molecule has 0 aliphatic carbocycles. The molecule has 4 N–H and O–H groups in total. The van der Waals surface area contributed by atoms with Gasteiger partial charge in [0.2, 0.25) is 0 Å². The van der Waals surface area contributed by atoms with Crippen molar-refractivity contribution in [3.63, 3.8) is 0 Å². The minimum atomic E-state index is -3.08.